The van der Waals surface area contributed by atoms with Gasteiger partial charge in [0.1, 0.15) is 17.2 Å². The molecule has 0 aliphatic carbocycles. The van der Waals surface area contributed by atoms with Crippen LogP contribution in [-0.2, 0) is 0 Å². The van der Waals surface area contributed by atoms with E-state index in [9.17, 15) is 10.2 Å². The predicted octanol–water partition coefficient (Wildman–Crippen LogP) is 3.93. The van der Waals surface area contributed by atoms with Gasteiger partial charge in [0.05, 0.1) is 11.4 Å². The summed E-state index contributed by atoms with van der Waals surface area (Å²) in [6.45, 7) is 0. The zero-order valence-corrected chi connectivity index (χ0v) is 15.4. The molecular formula is C23H18N4O2. The van der Waals surface area contributed by atoms with Crippen LogP contribution in [0.25, 0.3) is 22.5 Å². The quantitative estimate of drug-likeness (QED) is 0.282. The summed E-state index contributed by atoms with van der Waals surface area (Å²) in [5, 5.41) is 23.1. The molecule has 0 aliphatic rings. The zero-order chi connectivity index (χ0) is 20.2. The third-order valence-electron chi connectivity index (χ3n) is 4.44. The van der Waals surface area contributed by atoms with E-state index in [0.29, 0.717) is 22.8 Å². The first-order valence-corrected chi connectivity index (χ1v) is 8.95. The summed E-state index contributed by atoms with van der Waals surface area (Å²) < 4.78 is 0. The number of nitrogens with zero attached hydrogens (tertiary/aromatic N) is 3. The zero-order valence-electron chi connectivity index (χ0n) is 15.4. The Morgan fingerprint density at radius 2 is 1.21 bits per heavy atom. The lowest BCUT2D eigenvalue weighted by atomic mass is 10.1. The number of aromatic nitrogens is 2. The lowest BCUT2D eigenvalue weighted by Gasteiger charge is -2.11. The molecule has 6 nitrogen and oxygen atoms in total. The van der Waals surface area contributed by atoms with Gasteiger partial charge in [-0.3, -0.25) is 0 Å². The Morgan fingerprint density at radius 1 is 0.690 bits per heavy atom. The topological polar surface area (TPSA) is 105 Å². The molecule has 29 heavy (non-hydrogen) atoms. The maximum absolute atomic E-state index is 9.60. The van der Waals surface area contributed by atoms with E-state index in [-0.39, 0.29) is 11.5 Å². The number of phenols is 2. The number of rotatable bonds is 4. The average molecular weight is 382 g/mol. The third-order valence-corrected chi connectivity index (χ3v) is 4.44. The highest BCUT2D eigenvalue weighted by Crippen LogP contribution is 2.26. The SMILES string of the molecule is N/N=C(\c1ccc(O)cc1)c1nc(-c2ccccc2)cc(-c2ccc(O)cc2)n1. The molecule has 4 aromatic rings. The van der Waals surface area contributed by atoms with Gasteiger partial charge in [-0.05, 0) is 54.6 Å². The first-order valence-electron chi connectivity index (χ1n) is 8.95. The van der Waals surface area contributed by atoms with Crippen molar-refractivity contribution >= 4 is 5.71 Å². The van der Waals surface area contributed by atoms with Crippen molar-refractivity contribution in [1.82, 2.24) is 9.97 Å². The van der Waals surface area contributed by atoms with Gasteiger partial charge in [-0.25, -0.2) is 9.97 Å². The molecule has 0 amide bonds. The molecule has 1 heterocycles. The Balaban J connectivity index is 1.89. The average Bonchev–Trinajstić information content (AvgIpc) is 2.76. The molecule has 6 heteroatoms. The normalized spacial score (nSPS) is 11.4. The predicted molar refractivity (Wildman–Crippen MR) is 113 cm³/mol. The smallest absolute Gasteiger partial charge is 0.181 e. The molecule has 0 saturated heterocycles. The number of hydrogen-bond donors (Lipinski definition) is 3. The van der Waals surface area contributed by atoms with E-state index in [1.807, 2.05) is 36.4 Å². The second-order valence-corrected chi connectivity index (χ2v) is 6.40. The van der Waals surface area contributed by atoms with Crippen molar-refractivity contribution in [2.75, 3.05) is 0 Å². The fourth-order valence-corrected chi connectivity index (χ4v) is 2.97. The second kappa shape index (κ2) is 7.82. The molecule has 0 unspecified atom stereocenters. The molecular weight excluding hydrogens is 364 g/mol. The Morgan fingerprint density at radius 3 is 1.76 bits per heavy atom. The molecule has 0 aliphatic heterocycles. The largest absolute Gasteiger partial charge is 0.508 e. The van der Waals surface area contributed by atoms with Gasteiger partial charge in [0.15, 0.2) is 5.82 Å². The van der Waals surface area contributed by atoms with Gasteiger partial charge in [0, 0.05) is 16.7 Å². The first kappa shape index (κ1) is 18.2. The van der Waals surface area contributed by atoms with Crippen LogP contribution in [0.5, 0.6) is 11.5 Å². The van der Waals surface area contributed by atoms with Crippen LogP contribution in [0.4, 0.5) is 0 Å². The number of hydrazone groups is 1. The molecule has 142 valence electrons. The van der Waals surface area contributed by atoms with E-state index in [1.165, 1.54) is 0 Å². The van der Waals surface area contributed by atoms with E-state index in [2.05, 4.69) is 15.1 Å². The number of nitrogens with two attached hydrogens (primary N) is 1. The molecule has 3 aromatic carbocycles. The Hall–Kier alpha value is -4.19. The fourth-order valence-electron chi connectivity index (χ4n) is 2.97. The van der Waals surface area contributed by atoms with Gasteiger partial charge in [0.25, 0.3) is 0 Å². The van der Waals surface area contributed by atoms with Crippen molar-refractivity contribution < 1.29 is 10.2 Å². The number of benzene rings is 3. The Labute approximate surface area is 167 Å². The maximum Gasteiger partial charge on any atom is 0.181 e. The second-order valence-electron chi connectivity index (χ2n) is 6.40. The third kappa shape index (κ3) is 3.91. The Bertz CT molecular complexity index is 1160. The minimum Gasteiger partial charge on any atom is -0.508 e. The number of hydrogen-bond acceptors (Lipinski definition) is 6. The molecule has 0 spiro atoms. The molecule has 0 bridgehead atoms. The summed E-state index contributed by atoms with van der Waals surface area (Å²) in [5.41, 5.74) is 4.24. The van der Waals surface area contributed by atoms with Crippen molar-refractivity contribution in [1.29, 1.82) is 0 Å². The van der Waals surface area contributed by atoms with Crippen LogP contribution in [0.15, 0.2) is 90.0 Å². The highest BCUT2D eigenvalue weighted by atomic mass is 16.3. The van der Waals surface area contributed by atoms with Crippen LogP contribution in [0.2, 0.25) is 0 Å². The van der Waals surface area contributed by atoms with Crippen molar-refractivity contribution in [2.24, 2.45) is 10.9 Å². The summed E-state index contributed by atoms with van der Waals surface area (Å²) >= 11 is 0. The fraction of sp³-hybridized carbons (Fsp3) is 0. The maximum atomic E-state index is 9.60. The molecule has 0 atom stereocenters. The van der Waals surface area contributed by atoms with Crippen LogP contribution in [-0.4, -0.2) is 25.9 Å². The van der Waals surface area contributed by atoms with Crippen LogP contribution < -0.4 is 5.84 Å². The van der Waals surface area contributed by atoms with Crippen molar-refractivity contribution in [2.45, 2.75) is 0 Å². The summed E-state index contributed by atoms with van der Waals surface area (Å²) in [5.74, 6) is 6.38. The number of aromatic hydroxyl groups is 2. The van der Waals surface area contributed by atoms with Gasteiger partial charge in [-0.15, -0.1) is 0 Å². The molecule has 0 fully saturated rings. The number of phenolic OH excluding ortho intramolecular Hbond substituents is 2. The summed E-state index contributed by atoms with van der Waals surface area (Å²) in [7, 11) is 0. The molecule has 0 saturated carbocycles. The highest BCUT2D eigenvalue weighted by Gasteiger charge is 2.15. The van der Waals surface area contributed by atoms with Gasteiger partial charge in [0.2, 0.25) is 0 Å². The van der Waals surface area contributed by atoms with Crippen LogP contribution in [0, 0.1) is 0 Å². The molecule has 0 radical (unpaired) electrons. The van der Waals surface area contributed by atoms with E-state index >= 15 is 0 Å². The van der Waals surface area contributed by atoms with Crippen LogP contribution in [0.1, 0.15) is 11.4 Å². The van der Waals surface area contributed by atoms with Gasteiger partial charge in [-0.1, -0.05) is 30.3 Å². The molecule has 4 N–H and O–H groups in total. The van der Waals surface area contributed by atoms with Crippen molar-refractivity contribution in [3.05, 3.63) is 96.3 Å². The lowest BCUT2D eigenvalue weighted by molar-refractivity contribution is 0.475. The van der Waals surface area contributed by atoms with E-state index in [0.717, 1.165) is 16.8 Å². The minimum atomic E-state index is 0.147. The first-order chi connectivity index (χ1) is 14.1. The summed E-state index contributed by atoms with van der Waals surface area (Å²) in [6.07, 6.45) is 0. The molecule has 4 rings (SSSR count). The van der Waals surface area contributed by atoms with Crippen molar-refractivity contribution in [3.63, 3.8) is 0 Å². The van der Waals surface area contributed by atoms with E-state index in [1.54, 1.807) is 48.5 Å². The molecule has 1 aromatic heterocycles. The van der Waals surface area contributed by atoms with Gasteiger partial charge < -0.3 is 16.1 Å². The van der Waals surface area contributed by atoms with Gasteiger partial charge in [-0.2, -0.15) is 5.10 Å². The summed E-state index contributed by atoms with van der Waals surface area (Å²) in [6, 6.07) is 25.0. The van der Waals surface area contributed by atoms with Crippen molar-refractivity contribution in [3.8, 4) is 34.0 Å². The van der Waals surface area contributed by atoms with Crippen LogP contribution in [0.3, 0.4) is 0 Å². The minimum absolute atomic E-state index is 0.147. The summed E-state index contributed by atoms with van der Waals surface area (Å²) in [4.78, 5) is 9.35. The van der Waals surface area contributed by atoms with Crippen LogP contribution >= 0.6 is 0 Å². The van der Waals surface area contributed by atoms with Gasteiger partial charge >= 0.3 is 0 Å². The highest BCUT2D eigenvalue weighted by molar-refractivity contribution is 6.10. The standard InChI is InChI=1S/C23H18N4O2/c24-27-22(17-8-12-19(29)13-9-17)23-25-20(15-4-2-1-3-5-15)14-21(26-23)16-6-10-18(28)11-7-16/h1-14,28-29H,24H2/b27-22+. The lowest BCUT2D eigenvalue weighted by Crippen LogP contribution is -2.12. The Kier molecular flexibility index (Phi) is 4.90. The van der Waals surface area contributed by atoms with E-state index in [4.69, 9.17) is 5.84 Å². The van der Waals surface area contributed by atoms with E-state index < -0.39 is 0 Å². The monoisotopic (exact) mass is 382 g/mol.